The van der Waals surface area contributed by atoms with Gasteiger partial charge in [0.25, 0.3) is 11.8 Å². The van der Waals surface area contributed by atoms with Gasteiger partial charge in [-0.1, -0.05) is 24.3 Å². The van der Waals surface area contributed by atoms with Gasteiger partial charge in [0, 0.05) is 11.5 Å². The molecule has 148 valence electrons. The van der Waals surface area contributed by atoms with Crippen molar-refractivity contribution >= 4 is 11.8 Å². The average molecular weight is 392 g/mol. The summed E-state index contributed by atoms with van der Waals surface area (Å²) in [6.45, 7) is 1.64. The van der Waals surface area contributed by atoms with Crippen LogP contribution < -0.4 is 5.32 Å². The summed E-state index contributed by atoms with van der Waals surface area (Å²) < 4.78 is 44.3. The first-order valence-electron chi connectivity index (χ1n) is 8.96. The molecule has 1 aliphatic carbocycles. The molecule has 2 aliphatic heterocycles. The van der Waals surface area contributed by atoms with E-state index in [0.29, 0.717) is 22.5 Å². The highest BCUT2D eigenvalue weighted by molar-refractivity contribution is 5.98. The number of halogens is 3. The molecule has 0 spiro atoms. The number of ether oxygens (including phenoxy) is 1. The van der Waals surface area contributed by atoms with Crippen molar-refractivity contribution in [3.63, 3.8) is 0 Å². The number of benzene rings is 1. The quantitative estimate of drug-likeness (QED) is 0.636. The van der Waals surface area contributed by atoms with Crippen LogP contribution in [0.15, 0.2) is 47.2 Å². The first-order valence-corrected chi connectivity index (χ1v) is 8.96. The highest BCUT2D eigenvalue weighted by Gasteiger charge is 2.45. The van der Waals surface area contributed by atoms with Crippen molar-refractivity contribution in [3.05, 3.63) is 58.4 Å². The Morgan fingerprint density at radius 1 is 1.25 bits per heavy atom. The number of nitrogens with zero attached hydrogens (tertiary/aromatic N) is 1. The molecule has 1 N–H and O–H groups in total. The van der Waals surface area contributed by atoms with Gasteiger partial charge in [-0.25, -0.2) is 0 Å². The van der Waals surface area contributed by atoms with E-state index >= 15 is 0 Å². The molecule has 3 unspecified atom stereocenters. The van der Waals surface area contributed by atoms with Crippen LogP contribution in [-0.2, 0) is 20.7 Å². The first kappa shape index (κ1) is 18.6. The molecule has 4 rings (SSSR count). The van der Waals surface area contributed by atoms with Gasteiger partial charge in [-0.3, -0.25) is 14.5 Å². The van der Waals surface area contributed by atoms with Gasteiger partial charge in [0.1, 0.15) is 6.54 Å². The zero-order chi connectivity index (χ0) is 20.2. The second kappa shape index (κ2) is 6.39. The van der Waals surface area contributed by atoms with E-state index in [1.807, 2.05) is 24.3 Å². The normalized spacial score (nSPS) is 28.1. The molecule has 1 fully saturated rings. The van der Waals surface area contributed by atoms with E-state index in [0.717, 1.165) is 11.1 Å². The van der Waals surface area contributed by atoms with Crippen LogP contribution in [0.4, 0.5) is 13.2 Å². The van der Waals surface area contributed by atoms with Crippen LogP contribution in [0, 0.1) is 5.92 Å². The lowest BCUT2D eigenvalue weighted by molar-refractivity contribution is -0.170. The smallest absolute Gasteiger partial charge is 0.406 e. The minimum Gasteiger partial charge on any atom is -0.474 e. The molecule has 8 heteroatoms. The fraction of sp³-hybridized carbons (Fsp3) is 0.400. The highest BCUT2D eigenvalue weighted by atomic mass is 19.4. The monoisotopic (exact) mass is 392 g/mol. The van der Waals surface area contributed by atoms with Crippen molar-refractivity contribution in [1.29, 1.82) is 0 Å². The molecular formula is C20H19F3N2O3. The molecule has 3 aliphatic rings. The Morgan fingerprint density at radius 3 is 2.68 bits per heavy atom. The van der Waals surface area contributed by atoms with Crippen molar-refractivity contribution in [1.82, 2.24) is 10.2 Å². The van der Waals surface area contributed by atoms with Gasteiger partial charge in [-0.15, -0.1) is 0 Å². The van der Waals surface area contributed by atoms with Crippen LogP contribution in [0.5, 0.6) is 0 Å². The van der Waals surface area contributed by atoms with Crippen molar-refractivity contribution in [3.8, 4) is 0 Å². The summed E-state index contributed by atoms with van der Waals surface area (Å²) in [4.78, 5) is 25.2. The number of hydrogen-bond donors (Lipinski definition) is 1. The van der Waals surface area contributed by atoms with E-state index in [9.17, 15) is 22.8 Å². The van der Waals surface area contributed by atoms with Gasteiger partial charge >= 0.3 is 6.18 Å². The number of fused-ring (bicyclic) bond motifs is 3. The van der Waals surface area contributed by atoms with Gasteiger partial charge in [0.05, 0.1) is 17.9 Å². The molecule has 3 atom stereocenters. The molecule has 1 saturated heterocycles. The third-order valence-corrected chi connectivity index (χ3v) is 5.68. The van der Waals surface area contributed by atoms with E-state index in [1.54, 1.807) is 6.92 Å². The van der Waals surface area contributed by atoms with Crippen LogP contribution in [0.25, 0.3) is 0 Å². The molecule has 0 radical (unpaired) electrons. The summed E-state index contributed by atoms with van der Waals surface area (Å²) >= 11 is 0. The molecule has 28 heavy (non-hydrogen) atoms. The van der Waals surface area contributed by atoms with Gasteiger partial charge in [0.15, 0.2) is 6.23 Å². The topological polar surface area (TPSA) is 58.6 Å². The molecule has 5 nitrogen and oxygen atoms in total. The summed E-state index contributed by atoms with van der Waals surface area (Å²) in [5, 5.41) is 2.92. The van der Waals surface area contributed by atoms with E-state index in [4.69, 9.17) is 4.74 Å². The first-order chi connectivity index (χ1) is 13.2. The number of carbonyl (C=O) groups excluding carboxylic acids is 2. The van der Waals surface area contributed by atoms with Gasteiger partial charge in [0.2, 0.25) is 0 Å². The van der Waals surface area contributed by atoms with Crippen LogP contribution in [-0.4, -0.2) is 35.7 Å². The van der Waals surface area contributed by atoms with Crippen molar-refractivity contribution in [2.45, 2.75) is 38.7 Å². The van der Waals surface area contributed by atoms with Crippen LogP contribution in [0.3, 0.4) is 0 Å². The molecule has 2 heterocycles. The summed E-state index contributed by atoms with van der Waals surface area (Å²) in [6.07, 6.45) is -3.83. The molecule has 0 saturated carbocycles. The van der Waals surface area contributed by atoms with Crippen molar-refractivity contribution < 1.29 is 27.5 Å². The number of amides is 2. The van der Waals surface area contributed by atoms with Crippen LogP contribution in [0.2, 0.25) is 0 Å². The fourth-order valence-electron chi connectivity index (χ4n) is 4.17. The molecular weight excluding hydrogens is 373 g/mol. The number of nitrogens with one attached hydrogen (secondary N) is 1. The summed E-state index contributed by atoms with van der Waals surface area (Å²) in [7, 11) is 0. The second-order valence-corrected chi connectivity index (χ2v) is 7.38. The van der Waals surface area contributed by atoms with E-state index in [2.05, 4.69) is 5.32 Å². The molecule has 1 aromatic rings. The third kappa shape index (κ3) is 2.96. The Bertz CT molecular complexity index is 920. The maximum Gasteiger partial charge on any atom is 0.406 e. The fourth-order valence-corrected chi connectivity index (χ4v) is 4.17. The lowest BCUT2D eigenvalue weighted by atomic mass is 9.97. The minimum absolute atomic E-state index is 0.136. The van der Waals surface area contributed by atoms with E-state index in [1.165, 1.54) is 13.2 Å². The molecule has 0 bridgehead atoms. The zero-order valence-corrected chi connectivity index (χ0v) is 15.3. The molecule has 1 aromatic carbocycles. The number of hydrogen-bond acceptors (Lipinski definition) is 3. The number of rotatable bonds is 3. The Morgan fingerprint density at radius 2 is 1.96 bits per heavy atom. The van der Waals surface area contributed by atoms with Gasteiger partial charge in [-0.2, -0.15) is 13.2 Å². The Balaban J connectivity index is 1.58. The van der Waals surface area contributed by atoms with E-state index < -0.39 is 24.9 Å². The number of carbonyl (C=O) groups is 2. The zero-order valence-electron chi connectivity index (χ0n) is 15.3. The SMILES string of the molecule is CC1=C(C)C(O/C=C2/C(=O)NC3c4ccccc4CC23)N(CC(F)(F)F)C1=O. The second-order valence-electron chi connectivity index (χ2n) is 7.38. The van der Waals surface area contributed by atoms with Gasteiger partial charge in [-0.05, 0) is 37.0 Å². The van der Waals surface area contributed by atoms with Gasteiger partial charge < -0.3 is 10.1 Å². The van der Waals surface area contributed by atoms with Crippen molar-refractivity contribution in [2.24, 2.45) is 5.92 Å². The highest BCUT2D eigenvalue weighted by Crippen LogP contribution is 2.44. The van der Waals surface area contributed by atoms with Crippen LogP contribution in [0.1, 0.15) is 31.0 Å². The lowest BCUT2D eigenvalue weighted by Gasteiger charge is -2.26. The van der Waals surface area contributed by atoms with E-state index in [-0.39, 0.29) is 23.4 Å². The Hall–Kier alpha value is -2.77. The Kier molecular flexibility index (Phi) is 4.24. The third-order valence-electron chi connectivity index (χ3n) is 5.68. The Labute approximate surface area is 159 Å². The van der Waals surface area contributed by atoms with Crippen LogP contribution >= 0.6 is 0 Å². The predicted molar refractivity (Wildman–Crippen MR) is 93.6 cm³/mol. The summed E-state index contributed by atoms with van der Waals surface area (Å²) in [5.41, 5.74) is 3.21. The lowest BCUT2D eigenvalue weighted by Crippen LogP contribution is -2.42. The maximum absolute atomic E-state index is 12.9. The summed E-state index contributed by atoms with van der Waals surface area (Å²) in [5.74, 6) is -1.14. The minimum atomic E-state index is -4.54. The molecule has 0 aromatic heterocycles. The maximum atomic E-state index is 12.9. The summed E-state index contributed by atoms with van der Waals surface area (Å²) in [6, 6.07) is 7.63. The average Bonchev–Trinajstić information content (AvgIpc) is 3.19. The largest absolute Gasteiger partial charge is 0.474 e. The van der Waals surface area contributed by atoms with Crippen molar-refractivity contribution in [2.75, 3.05) is 6.54 Å². The predicted octanol–water partition coefficient (Wildman–Crippen LogP) is 3.00. The standard InChI is InChI=1S/C20H19F3N2O3/c1-10-11(2)19(25(18(10)27)9-20(21,22)23)28-8-15-14-7-12-5-3-4-6-13(12)16(14)24-17(15)26/h3-6,8,14,16,19H,7,9H2,1-2H3,(H,24,26)/b15-8+. The number of alkyl halides is 3. The molecule has 2 amide bonds.